The van der Waals surface area contributed by atoms with E-state index in [1.807, 2.05) is 0 Å². The fourth-order valence-electron chi connectivity index (χ4n) is 1.95. The number of piperidine rings is 1. The van der Waals surface area contributed by atoms with E-state index in [1.165, 1.54) is 25.1 Å². The third-order valence-corrected chi connectivity index (χ3v) is 2.69. The molecule has 0 N–H and O–H groups in total. The molecule has 14 heavy (non-hydrogen) atoms. The quantitative estimate of drug-likeness (QED) is 0.682. The molecule has 0 radical (unpaired) electrons. The van der Waals surface area contributed by atoms with Crippen LogP contribution < -0.4 is 4.90 Å². The van der Waals surface area contributed by atoms with E-state index in [0.717, 1.165) is 24.8 Å². The molecule has 1 fully saturated rings. The first-order chi connectivity index (χ1) is 6.75. The average Bonchev–Trinajstić information content (AvgIpc) is 2.19. The van der Waals surface area contributed by atoms with E-state index in [-0.39, 0.29) is 5.82 Å². The summed E-state index contributed by atoms with van der Waals surface area (Å²) in [6.07, 6.45) is 3.78. The van der Waals surface area contributed by atoms with Crippen LogP contribution in [0.2, 0.25) is 0 Å². The molecule has 2 nitrogen and oxygen atoms in total. The van der Waals surface area contributed by atoms with Gasteiger partial charge in [0.1, 0.15) is 11.6 Å². The Morgan fingerprint density at radius 3 is 3.00 bits per heavy atom. The minimum atomic E-state index is -0.265. The Morgan fingerprint density at radius 1 is 1.50 bits per heavy atom. The van der Waals surface area contributed by atoms with Gasteiger partial charge in [0.05, 0.1) is 6.20 Å². The summed E-state index contributed by atoms with van der Waals surface area (Å²) < 4.78 is 12.6. The number of halogens is 1. The van der Waals surface area contributed by atoms with Gasteiger partial charge in [0.15, 0.2) is 0 Å². The number of pyridine rings is 1. The summed E-state index contributed by atoms with van der Waals surface area (Å²) in [5.41, 5.74) is 0. The van der Waals surface area contributed by atoms with Gasteiger partial charge in [0, 0.05) is 13.1 Å². The molecule has 1 aromatic heterocycles. The monoisotopic (exact) mass is 194 g/mol. The second-order valence-corrected chi connectivity index (χ2v) is 4.03. The molecule has 2 heterocycles. The van der Waals surface area contributed by atoms with Crippen LogP contribution in [0.4, 0.5) is 10.2 Å². The Bertz CT molecular complexity index is 297. The molecule has 2 rings (SSSR count). The first-order valence-corrected chi connectivity index (χ1v) is 5.12. The lowest BCUT2D eigenvalue weighted by molar-refractivity contribution is 0.444. The van der Waals surface area contributed by atoms with Crippen LogP contribution in [0.5, 0.6) is 0 Å². The van der Waals surface area contributed by atoms with Crippen LogP contribution in [0.25, 0.3) is 0 Å². The third-order valence-electron chi connectivity index (χ3n) is 2.69. The van der Waals surface area contributed by atoms with Gasteiger partial charge in [0.2, 0.25) is 0 Å². The van der Waals surface area contributed by atoms with Gasteiger partial charge in [-0.2, -0.15) is 0 Å². The molecule has 76 valence electrons. The minimum absolute atomic E-state index is 0.265. The minimum Gasteiger partial charge on any atom is -0.356 e. The van der Waals surface area contributed by atoms with Crippen molar-refractivity contribution < 1.29 is 4.39 Å². The Balaban J connectivity index is 2.10. The summed E-state index contributed by atoms with van der Waals surface area (Å²) in [6, 6.07) is 3.23. The van der Waals surface area contributed by atoms with Crippen LogP contribution >= 0.6 is 0 Å². The predicted octanol–water partition coefficient (Wildman–Crippen LogP) is 2.46. The first kappa shape index (κ1) is 9.44. The van der Waals surface area contributed by atoms with Crippen molar-refractivity contribution in [2.45, 2.75) is 19.8 Å². The van der Waals surface area contributed by atoms with Gasteiger partial charge in [-0.1, -0.05) is 6.92 Å². The number of hydrogen-bond donors (Lipinski definition) is 0. The Morgan fingerprint density at radius 2 is 2.36 bits per heavy atom. The fraction of sp³-hybridized carbons (Fsp3) is 0.545. The van der Waals surface area contributed by atoms with Gasteiger partial charge in [-0.3, -0.25) is 0 Å². The highest BCUT2D eigenvalue weighted by atomic mass is 19.1. The molecule has 1 aliphatic rings. The lowest BCUT2D eigenvalue weighted by Crippen LogP contribution is -2.34. The van der Waals surface area contributed by atoms with Crippen LogP contribution in [-0.2, 0) is 0 Å². The smallest absolute Gasteiger partial charge is 0.141 e. The molecule has 0 bridgehead atoms. The number of rotatable bonds is 1. The number of anilines is 1. The summed E-state index contributed by atoms with van der Waals surface area (Å²) in [5.74, 6) is 1.35. The number of nitrogens with zero attached hydrogens (tertiary/aromatic N) is 2. The van der Waals surface area contributed by atoms with Crippen LogP contribution in [0.3, 0.4) is 0 Å². The topological polar surface area (TPSA) is 16.1 Å². The van der Waals surface area contributed by atoms with Crippen molar-refractivity contribution in [1.29, 1.82) is 0 Å². The van der Waals surface area contributed by atoms with E-state index < -0.39 is 0 Å². The van der Waals surface area contributed by atoms with Crippen LogP contribution in [0, 0.1) is 11.7 Å². The van der Waals surface area contributed by atoms with Crippen molar-refractivity contribution in [3.63, 3.8) is 0 Å². The number of aromatic nitrogens is 1. The summed E-state index contributed by atoms with van der Waals surface area (Å²) in [4.78, 5) is 6.32. The molecule has 0 spiro atoms. The summed E-state index contributed by atoms with van der Waals surface area (Å²) in [7, 11) is 0. The SMILES string of the molecule is CC1CCCN(c2ccc(F)cn2)C1. The molecule has 1 aromatic rings. The molecule has 0 aliphatic carbocycles. The molecule has 0 amide bonds. The third kappa shape index (κ3) is 2.03. The zero-order valence-corrected chi connectivity index (χ0v) is 8.41. The van der Waals surface area contributed by atoms with Crippen molar-refractivity contribution >= 4 is 5.82 Å². The summed E-state index contributed by atoms with van der Waals surface area (Å²) in [5, 5.41) is 0. The van der Waals surface area contributed by atoms with Gasteiger partial charge in [-0.05, 0) is 30.9 Å². The Hall–Kier alpha value is -1.12. The van der Waals surface area contributed by atoms with E-state index in [4.69, 9.17) is 0 Å². The van der Waals surface area contributed by atoms with Crippen molar-refractivity contribution in [3.05, 3.63) is 24.1 Å². The van der Waals surface area contributed by atoms with Crippen LogP contribution in [-0.4, -0.2) is 18.1 Å². The van der Waals surface area contributed by atoms with Gasteiger partial charge < -0.3 is 4.90 Å². The normalized spacial score (nSPS) is 22.4. The fourth-order valence-corrected chi connectivity index (χ4v) is 1.95. The summed E-state index contributed by atoms with van der Waals surface area (Å²) in [6.45, 7) is 4.33. The molecule has 1 unspecified atom stereocenters. The second-order valence-electron chi connectivity index (χ2n) is 4.03. The van der Waals surface area contributed by atoms with E-state index in [1.54, 1.807) is 6.07 Å². The maximum Gasteiger partial charge on any atom is 0.141 e. The van der Waals surface area contributed by atoms with Crippen molar-refractivity contribution in [3.8, 4) is 0 Å². The molecule has 3 heteroatoms. The molecular weight excluding hydrogens is 179 g/mol. The highest BCUT2D eigenvalue weighted by Crippen LogP contribution is 2.20. The first-order valence-electron chi connectivity index (χ1n) is 5.12. The number of hydrogen-bond acceptors (Lipinski definition) is 2. The standard InChI is InChI=1S/C11H15FN2/c1-9-3-2-6-14(8-9)11-5-4-10(12)7-13-11/h4-5,7,9H,2-3,6,8H2,1H3. The molecule has 1 saturated heterocycles. The van der Waals surface area contributed by atoms with Gasteiger partial charge >= 0.3 is 0 Å². The average molecular weight is 194 g/mol. The molecular formula is C11H15FN2. The lowest BCUT2D eigenvalue weighted by atomic mass is 10.0. The molecule has 0 aromatic carbocycles. The lowest BCUT2D eigenvalue weighted by Gasteiger charge is -2.31. The Labute approximate surface area is 83.8 Å². The predicted molar refractivity (Wildman–Crippen MR) is 54.8 cm³/mol. The highest BCUT2D eigenvalue weighted by molar-refractivity contribution is 5.38. The zero-order valence-electron chi connectivity index (χ0n) is 8.41. The summed E-state index contributed by atoms with van der Waals surface area (Å²) >= 11 is 0. The Kier molecular flexibility index (Phi) is 2.66. The van der Waals surface area contributed by atoms with E-state index in [0.29, 0.717) is 0 Å². The van der Waals surface area contributed by atoms with E-state index in [9.17, 15) is 4.39 Å². The zero-order chi connectivity index (χ0) is 9.97. The van der Waals surface area contributed by atoms with E-state index >= 15 is 0 Å². The van der Waals surface area contributed by atoms with E-state index in [2.05, 4.69) is 16.8 Å². The second kappa shape index (κ2) is 3.95. The molecule has 1 atom stereocenters. The van der Waals surface area contributed by atoms with Crippen LogP contribution in [0.15, 0.2) is 18.3 Å². The maximum atomic E-state index is 12.6. The highest BCUT2D eigenvalue weighted by Gasteiger charge is 2.17. The maximum absolute atomic E-state index is 12.6. The van der Waals surface area contributed by atoms with Gasteiger partial charge in [-0.25, -0.2) is 9.37 Å². The molecule has 0 saturated carbocycles. The van der Waals surface area contributed by atoms with Gasteiger partial charge in [-0.15, -0.1) is 0 Å². The van der Waals surface area contributed by atoms with Crippen LogP contribution in [0.1, 0.15) is 19.8 Å². The van der Waals surface area contributed by atoms with Crippen molar-refractivity contribution in [2.24, 2.45) is 5.92 Å². The van der Waals surface area contributed by atoms with Gasteiger partial charge in [0.25, 0.3) is 0 Å². The van der Waals surface area contributed by atoms with Crippen molar-refractivity contribution in [1.82, 2.24) is 4.98 Å². The molecule has 1 aliphatic heterocycles. The largest absolute Gasteiger partial charge is 0.356 e. The van der Waals surface area contributed by atoms with Crippen molar-refractivity contribution in [2.75, 3.05) is 18.0 Å².